The number of nitrogens with zero attached hydrogens (tertiary/aromatic N) is 1. The van der Waals surface area contributed by atoms with Crippen LogP contribution in [0, 0.1) is 12.7 Å². The lowest BCUT2D eigenvalue weighted by Gasteiger charge is -2.03. The molecular weight excluding hydrogens is 269 g/mol. The minimum Gasteiger partial charge on any atom is -0.399 e. The number of rotatable bonds is 4. The Labute approximate surface area is 113 Å². The Bertz CT molecular complexity index is 600. The SMILES string of the molecule is Cc1cc(NC(=O)CSc2ccc(N)cc2F)on1. The minimum absolute atomic E-state index is 0.0700. The molecule has 1 amide bonds. The van der Waals surface area contributed by atoms with Crippen molar-refractivity contribution in [1.29, 1.82) is 0 Å². The van der Waals surface area contributed by atoms with Gasteiger partial charge in [-0.3, -0.25) is 10.1 Å². The van der Waals surface area contributed by atoms with E-state index in [1.54, 1.807) is 25.1 Å². The van der Waals surface area contributed by atoms with E-state index in [4.69, 9.17) is 10.3 Å². The second-order valence-corrected chi connectivity index (χ2v) is 4.88. The third kappa shape index (κ3) is 3.72. The van der Waals surface area contributed by atoms with Gasteiger partial charge in [-0.2, -0.15) is 0 Å². The number of thioether (sulfide) groups is 1. The molecule has 3 N–H and O–H groups in total. The van der Waals surface area contributed by atoms with Gasteiger partial charge in [0.15, 0.2) is 0 Å². The molecule has 0 atom stereocenters. The van der Waals surface area contributed by atoms with Crippen LogP contribution in [0.3, 0.4) is 0 Å². The summed E-state index contributed by atoms with van der Waals surface area (Å²) in [7, 11) is 0. The molecule has 0 radical (unpaired) electrons. The lowest BCUT2D eigenvalue weighted by Crippen LogP contribution is -2.13. The highest BCUT2D eigenvalue weighted by Gasteiger charge is 2.09. The van der Waals surface area contributed by atoms with Gasteiger partial charge in [0.1, 0.15) is 5.82 Å². The van der Waals surface area contributed by atoms with Crippen molar-refractivity contribution < 1.29 is 13.7 Å². The number of amides is 1. The molecule has 1 aromatic heterocycles. The molecule has 2 aromatic rings. The van der Waals surface area contributed by atoms with Crippen LogP contribution in [0.25, 0.3) is 0 Å². The van der Waals surface area contributed by atoms with Crippen molar-refractivity contribution in [2.45, 2.75) is 11.8 Å². The maximum absolute atomic E-state index is 13.5. The Morgan fingerprint density at radius 1 is 1.53 bits per heavy atom. The third-order valence-corrected chi connectivity index (χ3v) is 3.25. The molecule has 0 saturated heterocycles. The maximum atomic E-state index is 13.5. The van der Waals surface area contributed by atoms with Crippen molar-refractivity contribution >= 4 is 29.2 Å². The second-order valence-electron chi connectivity index (χ2n) is 3.86. The molecule has 0 unspecified atom stereocenters. The summed E-state index contributed by atoms with van der Waals surface area (Å²) in [6, 6.07) is 5.96. The first-order valence-corrected chi connectivity index (χ1v) is 6.44. The van der Waals surface area contributed by atoms with Gasteiger partial charge in [0.2, 0.25) is 11.8 Å². The smallest absolute Gasteiger partial charge is 0.237 e. The van der Waals surface area contributed by atoms with E-state index in [2.05, 4.69) is 10.5 Å². The average molecular weight is 281 g/mol. The van der Waals surface area contributed by atoms with Crippen molar-refractivity contribution in [3.63, 3.8) is 0 Å². The first-order valence-electron chi connectivity index (χ1n) is 5.45. The first-order chi connectivity index (χ1) is 9.04. The fraction of sp³-hybridized carbons (Fsp3) is 0.167. The summed E-state index contributed by atoms with van der Waals surface area (Å²) in [5.41, 5.74) is 6.46. The summed E-state index contributed by atoms with van der Waals surface area (Å²) in [6.07, 6.45) is 0. The van der Waals surface area contributed by atoms with Crippen LogP contribution in [-0.4, -0.2) is 16.8 Å². The topological polar surface area (TPSA) is 81.2 Å². The van der Waals surface area contributed by atoms with E-state index in [9.17, 15) is 9.18 Å². The molecule has 100 valence electrons. The zero-order valence-corrected chi connectivity index (χ0v) is 11.0. The molecule has 1 heterocycles. The molecule has 5 nitrogen and oxygen atoms in total. The van der Waals surface area contributed by atoms with E-state index < -0.39 is 5.82 Å². The number of aryl methyl sites for hydroxylation is 1. The van der Waals surface area contributed by atoms with E-state index in [1.165, 1.54) is 6.07 Å². The molecule has 1 aromatic carbocycles. The van der Waals surface area contributed by atoms with Crippen LogP contribution in [0.2, 0.25) is 0 Å². The Hall–Kier alpha value is -2.02. The number of nitrogen functional groups attached to an aromatic ring is 1. The molecule has 0 spiro atoms. The van der Waals surface area contributed by atoms with Crippen LogP contribution in [0.15, 0.2) is 33.7 Å². The fourth-order valence-electron chi connectivity index (χ4n) is 1.37. The Morgan fingerprint density at radius 2 is 2.32 bits per heavy atom. The summed E-state index contributed by atoms with van der Waals surface area (Å²) < 4.78 is 18.3. The molecule has 0 aliphatic heterocycles. The molecule has 0 bridgehead atoms. The predicted molar refractivity (Wildman–Crippen MR) is 71.4 cm³/mol. The van der Waals surface area contributed by atoms with E-state index in [-0.39, 0.29) is 17.5 Å². The number of benzene rings is 1. The van der Waals surface area contributed by atoms with Gasteiger partial charge in [0.05, 0.1) is 11.4 Å². The number of anilines is 2. The van der Waals surface area contributed by atoms with Gasteiger partial charge in [-0.25, -0.2) is 4.39 Å². The zero-order valence-electron chi connectivity index (χ0n) is 10.1. The largest absolute Gasteiger partial charge is 0.399 e. The second kappa shape index (κ2) is 5.75. The quantitative estimate of drug-likeness (QED) is 0.664. The normalized spacial score (nSPS) is 10.4. The monoisotopic (exact) mass is 281 g/mol. The maximum Gasteiger partial charge on any atom is 0.237 e. The number of hydrogen-bond donors (Lipinski definition) is 2. The van der Waals surface area contributed by atoms with Crippen molar-refractivity contribution in [3.8, 4) is 0 Å². The van der Waals surface area contributed by atoms with E-state index in [0.29, 0.717) is 16.3 Å². The minimum atomic E-state index is -0.437. The van der Waals surface area contributed by atoms with Gasteiger partial charge in [0, 0.05) is 16.6 Å². The Morgan fingerprint density at radius 3 is 2.95 bits per heavy atom. The summed E-state index contributed by atoms with van der Waals surface area (Å²) in [6.45, 7) is 1.75. The fourth-order valence-corrected chi connectivity index (χ4v) is 2.09. The van der Waals surface area contributed by atoms with E-state index >= 15 is 0 Å². The summed E-state index contributed by atoms with van der Waals surface area (Å²) in [5.74, 6) is -0.382. The summed E-state index contributed by atoms with van der Waals surface area (Å²) in [5, 5.41) is 6.17. The van der Waals surface area contributed by atoms with Crippen molar-refractivity contribution in [1.82, 2.24) is 5.16 Å². The van der Waals surface area contributed by atoms with Crippen LogP contribution < -0.4 is 11.1 Å². The predicted octanol–water partition coefficient (Wildman–Crippen LogP) is 2.44. The van der Waals surface area contributed by atoms with E-state index in [0.717, 1.165) is 11.8 Å². The van der Waals surface area contributed by atoms with Gasteiger partial charge in [-0.15, -0.1) is 11.8 Å². The van der Waals surface area contributed by atoms with Gasteiger partial charge in [-0.1, -0.05) is 5.16 Å². The molecule has 19 heavy (non-hydrogen) atoms. The lowest BCUT2D eigenvalue weighted by molar-refractivity contribution is -0.113. The van der Waals surface area contributed by atoms with Crippen molar-refractivity contribution in [2.24, 2.45) is 0 Å². The van der Waals surface area contributed by atoms with Gasteiger partial charge >= 0.3 is 0 Å². The van der Waals surface area contributed by atoms with Crippen LogP contribution in [0.5, 0.6) is 0 Å². The first kappa shape index (κ1) is 13.4. The number of nitrogens with two attached hydrogens (primary N) is 1. The Kier molecular flexibility index (Phi) is 4.06. The highest BCUT2D eigenvalue weighted by atomic mass is 32.2. The van der Waals surface area contributed by atoms with Gasteiger partial charge in [-0.05, 0) is 25.1 Å². The van der Waals surface area contributed by atoms with Crippen molar-refractivity contribution in [2.75, 3.05) is 16.8 Å². The number of hydrogen-bond acceptors (Lipinski definition) is 5. The van der Waals surface area contributed by atoms with Crippen LogP contribution >= 0.6 is 11.8 Å². The number of nitrogens with one attached hydrogen (secondary N) is 1. The average Bonchev–Trinajstić information content (AvgIpc) is 2.73. The molecule has 0 aliphatic carbocycles. The number of carbonyl (C=O) groups is 1. The molecule has 7 heteroatoms. The van der Waals surface area contributed by atoms with Crippen molar-refractivity contribution in [3.05, 3.63) is 35.8 Å². The standard InChI is InChI=1S/C12H12FN3O2S/c1-7-4-12(18-16-7)15-11(17)6-19-10-3-2-8(14)5-9(10)13/h2-5H,6,14H2,1H3,(H,15,17). The molecule has 0 aliphatic rings. The molecule has 0 saturated carbocycles. The lowest BCUT2D eigenvalue weighted by atomic mass is 10.3. The van der Waals surface area contributed by atoms with E-state index in [1.807, 2.05) is 0 Å². The van der Waals surface area contributed by atoms with Gasteiger partial charge in [0.25, 0.3) is 0 Å². The molecular formula is C12H12FN3O2S. The highest BCUT2D eigenvalue weighted by Crippen LogP contribution is 2.23. The number of carbonyl (C=O) groups excluding carboxylic acids is 1. The Balaban J connectivity index is 1.89. The van der Waals surface area contributed by atoms with Crippen LogP contribution in [0.1, 0.15) is 5.69 Å². The van der Waals surface area contributed by atoms with Gasteiger partial charge < -0.3 is 10.3 Å². The highest BCUT2D eigenvalue weighted by molar-refractivity contribution is 8.00. The summed E-state index contributed by atoms with van der Waals surface area (Å²) >= 11 is 1.09. The van der Waals surface area contributed by atoms with Crippen LogP contribution in [0.4, 0.5) is 16.0 Å². The number of aromatic nitrogens is 1. The molecule has 2 rings (SSSR count). The summed E-state index contributed by atoms with van der Waals surface area (Å²) in [4.78, 5) is 12.0. The zero-order chi connectivity index (χ0) is 13.8. The molecule has 0 fully saturated rings. The number of halogens is 1. The third-order valence-electron chi connectivity index (χ3n) is 2.21. The van der Waals surface area contributed by atoms with Crippen LogP contribution in [-0.2, 0) is 4.79 Å².